The van der Waals surface area contributed by atoms with Gasteiger partial charge in [-0.05, 0) is 49.9 Å². The van der Waals surface area contributed by atoms with E-state index in [1.807, 2.05) is 18.2 Å². The lowest BCUT2D eigenvalue weighted by molar-refractivity contribution is 0.331. The average molecular weight is 359 g/mol. The molecule has 1 saturated heterocycles. The molecule has 4 nitrogen and oxygen atoms in total. The molecule has 1 N–H and O–H groups in total. The molecule has 0 amide bonds. The Morgan fingerprint density at radius 3 is 2.37 bits per heavy atom. The largest absolute Gasteiger partial charge is 0.307 e. The first-order valence-electron chi connectivity index (χ1n) is 9.72. The Kier molecular flexibility index (Phi) is 5.45. The van der Waals surface area contributed by atoms with Gasteiger partial charge in [0.1, 0.15) is 5.82 Å². The molecule has 0 spiro atoms. The molecule has 138 valence electrons. The highest BCUT2D eigenvalue weighted by atomic mass is 16.1. The summed E-state index contributed by atoms with van der Waals surface area (Å²) < 4.78 is 0. The van der Waals surface area contributed by atoms with E-state index in [1.54, 1.807) is 6.07 Å². The van der Waals surface area contributed by atoms with E-state index >= 15 is 0 Å². The smallest absolute Gasteiger partial charge is 0.251 e. The van der Waals surface area contributed by atoms with Crippen LogP contribution < -0.4 is 5.56 Å². The van der Waals surface area contributed by atoms with Gasteiger partial charge in [-0.25, -0.2) is 4.98 Å². The molecule has 1 aliphatic heterocycles. The van der Waals surface area contributed by atoms with Gasteiger partial charge in [0.25, 0.3) is 5.56 Å². The van der Waals surface area contributed by atoms with Crippen LogP contribution in [0.3, 0.4) is 0 Å². The Bertz CT molecular complexity index is 926. The number of likely N-dealkylation sites (tertiary alicyclic amines) is 1. The fourth-order valence-electron chi connectivity index (χ4n) is 3.66. The number of benzene rings is 2. The monoisotopic (exact) mass is 359 g/mol. The van der Waals surface area contributed by atoms with Crippen LogP contribution >= 0.6 is 0 Å². The molecule has 0 atom stereocenters. The van der Waals surface area contributed by atoms with Crippen LogP contribution in [0, 0.1) is 0 Å². The molecule has 2 aromatic carbocycles. The van der Waals surface area contributed by atoms with Crippen LogP contribution in [0.5, 0.6) is 0 Å². The van der Waals surface area contributed by atoms with Crippen molar-refractivity contribution in [2.75, 3.05) is 13.1 Å². The third kappa shape index (κ3) is 4.72. The van der Waals surface area contributed by atoms with Crippen molar-refractivity contribution >= 4 is 0 Å². The first-order valence-corrected chi connectivity index (χ1v) is 9.72. The summed E-state index contributed by atoms with van der Waals surface area (Å²) in [7, 11) is 0. The minimum Gasteiger partial charge on any atom is -0.307 e. The maximum Gasteiger partial charge on any atom is 0.251 e. The van der Waals surface area contributed by atoms with Gasteiger partial charge in [0.15, 0.2) is 0 Å². The average Bonchev–Trinajstić information content (AvgIpc) is 3.20. The number of nitrogens with one attached hydrogen (secondary N) is 1. The highest BCUT2D eigenvalue weighted by Crippen LogP contribution is 2.18. The van der Waals surface area contributed by atoms with Crippen LogP contribution in [0.25, 0.3) is 11.4 Å². The number of aromatic amines is 1. The highest BCUT2D eigenvalue weighted by Gasteiger charge is 2.12. The van der Waals surface area contributed by atoms with E-state index in [0.717, 1.165) is 30.6 Å². The number of aryl methyl sites for hydroxylation is 2. The number of H-pyrrole nitrogens is 1. The summed E-state index contributed by atoms with van der Waals surface area (Å²) in [5.41, 5.74) is 4.26. The summed E-state index contributed by atoms with van der Waals surface area (Å²) in [6.45, 7) is 3.39. The molecule has 3 aromatic rings. The van der Waals surface area contributed by atoms with Gasteiger partial charge >= 0.3 is 0 Å². The van der Waals surface area contributed by atoms with Crippen molar-refractivity contribution in [2.24, 2.45) is 0 Å². The summed E-state index contributed by atoms with van der Waals surface area (Å²) >= 11 is 0. The van der Waals surface area contributed by atoms with Crippen LogP contribution in [-0.2, 0) is 19.4 Å². The van der Waals surface area contributed by atoms with Crippen molar-refractivity contribution in [1.29, 1.82) is 0 Å². The predicted octanol–water partition coefficient (Wildman–Crippen LogP) is 3.82. The first-order chi connectivity index (χ1) is 13.3. The van der Waals surface area contributed by atoms with Gasteiger partial charge < -0.3 is 4.98 Å². The van der Waals surface area contributed by atoms with Gasteiger partial charge in [-0.2, -0.15) is 0 Å². The molecular formula is C23H25N3O. The summed E-state index contributed by atoms with van der Waals surface area (Å²) in [6, 6.07) is 20.3. The third-order valence-electron chi connectivity index (χ3n) is 5.14. The zero-order valence-electron chi connectivity index (χ0n) is 15.5. The molecule has 27 heavy (non-hydrogen) atoms. The minimum atomic E-state index is -0.0933. The van der Waals surface area contributed by atoms with Crippen molar-refractivity contribution in [3.8, 4) is 11.4 Å². The van der Waals surface area contributed by atoms with E-state index in [-0.39, 0.29) is 5.56 Å². The van der Waals surface area contributed by atoms with E-state index in [4.69, 9.17) is 0 Å². The van der Waals surface area contributed by atoms with Crippen LogP contribution in [-0.4, -0.2) is 28.0 Å². The van der Waals surface area contributed by atoms with Crippen molar-refractivity contribution in [1.82, 2.24) is 14.9 Å². The molecule has 0 unspecified atom stereocenters. The molecule has 0 bridgehead atoms. The number of aromatic nitrogens is 2. The van der Waals surface area contributed by atoms with E-state index in [0.29, 0.717) is 5.82 Å². The molecule has 2 heterocycles. The van der Waals surface area contributed by atoms with Crippen molar-refractivity contribution in [2.45, 2.75) is 32.2 Å². The zero-order valence-corrected chi connectivity index (χ0v) is 15.5. The minimum absolute atomic E-state index is 0.0933. The topological polar surface area (TPSA) is 49.0 Å². The maximum atomic E-state index is 12.1. The summed E-state index contributed by atoms with van der Waals surface area (Å²) in [4.78, 5) is 22.1. The fraction of sp³-hybridized carbons (Fsp3) is 0.304. The molecule has 0 aliphatic carbocycles. The van der Waals surface area contributed by atoms with Gasteiger partial charge in [-0.3, -0.25) is 9.69 Å². The number of hydrogen-bond donors (Lipinski definition) is 1. The highest BCUT2D eigenvalue weighted by molar-refractivity contribution is 5.55. The lowest BCUT2D eigenvalue weighted by Crippen LogP contribution is -2.18. The van der Waals surface area contributed by atoms with Gasteiger partial charge in [0.05, 0.1) is 0 Å². The second-order valence-electron chi connectivity index (χ2n) is 7.25. The van der Waals surface area contributed by atoms with Gasteiger partial charge in [-0.1, -0.05) is 54.6 Å². The lowest BCUT2D eigenvalue weighted by atomic mass is 10.1. The van der Waals surface area contributed by atoms with E-state index in [1.165, 1.54) is 37.1 Å². The quantitative estimate of drug-likeness (QED) is 0.728. The Morgan fingerprint density at radius 1 is 0.889 bits per heavy atom. The normalized spacial score (nSPS) is 14.5. The molecular weight excluding hydrogens is 334 g/mol. The first kappa shape index (κ1) is 17.7. The standard InChI is InChI=1S/C23H25N3O/c27-22-16-21(13-10-18-6-2-1-3-7-18)24-23(25-22)20-11-8-19(9-12-20)17-26-14-4-5-15-26/h1-3,6-9,11-12,16H,4-5,10,13-15,17H2,(H,24,25,27). The molecule has 4 rings (SSSR count). The van der Waals surface area contributed by atoms with E-state index in [2.05, 4.69) is 51.3 Å². The molecule has 0 radical (unpaired) electrons. The molecule has 0 saturated carbocycles. The van der Waals surface area contributed by atoms with Crippen LogP contribution in [0.1, 0.15) is 29.7 Å². The maximum absolute atomic E-state index is 12.1. The Morgan fingerprint density at radius 2 is 1.63 bits per heavy atom. The van der Waals surface area contributed by atoms with Gasteiger partial charge in [0, 0.05) is 23.9 Å². The molecule has 4 heteroatoms. The van der Waals surface area contributed by atoms with Crippen molar-refractivity contribution in [3.05, 3.63) is 87.8 Å². The lowest BCUT2D eigenvalue weighted by Gasteiger charge is -2.14. The Labute approximate surface area is 159 Å². The zero-order chi connectivity index (χ0) is 18.5. The second-order valence-corrected chi connectivity index (χ2v) is 7.25. The van der Waals surface area contributed by atoms with E-state index < -0.39 is 0 Å². The number of nitrogens with zero attached hydrogens (tertiary/aromatic N) is 2. The van der Waals surface area contributed by atoms with Gasteiger partial charge in [-0.15, -0.1) is 0 Å². The third-order valence-corrected chi connectivity index (χ3v) is 5.14. The summed E-state index contributed by atoms with van der Waals surface area (Å²) in [6.07, 6.45) is 4.25. The SMILES string of the molecule is O=c1cc(CCc2ccccc2)nc(-c2ccc(CN3CCCC3)cc2)[nH]1. The molecule has 1 aromatic heterocycles. The molecule has 1 fully saturated rings. The fourth-order valence-corrected chi connectivity index (χ4v) is 3.66. The van der Waals surface area contributed by atoms with Crippen molar-refractivity contribution < 1.29 is 0 Å². The van der Waals surface area contributed by atoms with E-state index in [9.17, 15) is 4.79 Å². The Balaban J connectivity index is 1.47. The summed E-state index contributed by atoms with van der Waals surface area (Å²) in [5, 5.41) is 0. The number of rotatable bonds is 6. The molecule has 1 aliphatic rings. The van der Waals surface area contributed by atoms with Crippen molar-refractivity contribution in [3.63, 3.8) is 0 Å². The predicted molar refractivity (Wildman–Crippen MR) is 109 cm³/mol. The Hall–Kier alpha value is -2.72. The van der Waals surface area contributed by atoms with Crippen LogP contribution in [0.15, 0.2) is 65.5 Å². The van der Waals surface area contributed by atoms with Crippen LogP contribution in [0.4, 0.5) is 0 Å². The second kappa shape index (κ2) is 8.31. The number of hydrogen-bond acceptors (Lipinski definition) is 3. The van der Waals surface area contributed by atoms with Gasteiger partial charge in [0.2, 0.25) is 0 Å². The summed E-state index contributed by atoms with van der Waals surface area (Å²) in [5.74, 6) is 0.651. The van der Waals surface area contributed by atoms with Crippen LogP contribution in [0.2, 0.25) is 0 Å².